The lowest BCUT2D eigenvalue weighted by molar-refractivity contribution is -0.145. The van der Waals surface area contributed by atoms with Gasteiger partial charge in [0, 0.05) is 6.54 Å². The van der Waals surface area contributed by atoms with Crippen molar-refractivity contribution in [1.82, 2.24) is 4.90 Å². The fraction of sp³-hybridized carbons (Fsp3) is 0.467. The van der Waals surface area contributed by atoms with Crippen molar-refractivity contribution in [2.24, 2.45) is 5.92 Å². The average molecular weight is 294 g/mol. The fourth-order valence-electron chi connectivity index (χ4n) is 2.76. The Morgan fingerprint density at radius 2 is 2.14 bits per heavy atom. The van der Waals surface area contributed by atoms with Crippen LogP contribution in [0.1, 0.15) is 25.3 Å². The number of hydrogen-bond acceptors (Lipinski definition) is 2. The Morgan fingerprint density at radius 1 is 1.43 bits per heavy atom. The average Bonchev–Trinajstić information content (AvgIpc) is 2.42. The van der Waals surface area contributed by atoms with E-state index in [1.54, 1.807) is 19.1 Å². The molecule has 1 saturated heterocycles. The Balaban J connectivity index is 2.20. The maximum atomic E-state index is 13.8. The summed E-state index contributed by atoms with van der Waals surface area (Å²) in [6, 6.07) is 3.07. The molecule has 1 aromatic rings. The monoisotopic (exact) mass is 294 g/mol. The Bertz CT molecular complexity index is 542. The van der Waals surface area contributed by atoms with E-state index in [1.807, 2.05) is 6.92 Å². The van der Waals surface area contributed by atoms with Gasteiger partial charge in [0.2, 0.25) is 0 Å². The van der Waals surface area contributed by atoms with Crippen LogP contribution in [0.5, 0.6) is 0 Å². The summed E-state index contributed by atoms with van der Waals surface area (Å²) in [4.78, 5) is 25.0. The number of carbonyl (C=O) groups is 2. The Labute approximate surface area is 122 Å². The largest absolute Gasteiger partial charge is 0.480 e. The number of nitrogens with one attached hydrogen (secondary N) is 1. The maximum absolute atomic E-state index is 13.8. The molecule has 21 heavy (non-hydrogen) atoms. The molecule has 2 rings (SSSR count). The Morgan fingerprint density at radius 3 is 2.76 bits per heavy atom. The van der Waals surface area contributed by atoms with Crippen molar-refractivity contribution in [3.63, 3.8) is 0 Å². The van der Waals surface area contributed by atoms with Crippen molar-refractivity contribution >= 4 is 17.7 Å². The number of para-hydroxylation sites is 1. The second-order valence-corrected chi connectivity index (χ2v) is 5.46. The summed E-state index contributed by atoms with van der Waals surface area (Å²) < 4.78 is 13.8. The van der Waals surface area contributed by atoms with E-state index in [0.29, 0.717) is 12.1 Å². The molecule has 5 nitrogen and oxygen atoms in total. The molecule has 1 heterocycles. The van der Waals surface area contributed by atoms with Gasteiger partial charge in [0.05, 0.1) is 5.69 Å². The molecule has 114 valence electrons. The molecule has 2 atom stereocenters. The van der Waals surface area contributed by atoms with Crippen LogP contribution < -0.4 is 5.32 Å². The number of benzene rings is 1. The standard InChI is InChI=1S/C15H19FN2O3/c1-9-5-3-7-11(16)12(9)17-15(21)18-8-4-6-10(2)13(18)14(19)20/h3,5,7,10,13H,4,6,8H2,1-2H3,(H,17,21)(H,19,20). The van der Waals surface area contributed by atoms with Crippen molar-refractivity contribution in [2.45, 2.75) is 32.7 Å². The highest BCUT2D eigenvalue weighted by Crippen LogP contribution is 2.25. The molecule has 0 aliphatic carbocycles. The number of amides is 2. The first-order chi connectivity index (χ1) is 9.91. The summed E-state index contributed by atoms with van der Waals surface area (Å²) in [6.07, 6.45) is 1.51. The second kappa shape index (κ2) is 6.11. The van der Waals surface area contributed by atoms with Crippen LogP contribution in [0.2, 0.25) is 0 Å². The summed E-state index contributed by atoms with van der Waals surface area (Å²) >= 11 is 0. The number of halogens is 1. The predicted octanol–water partition coefficient (Wildman–Crippen LogP) is 2.85. The summed E-state index contributed by atoms with van der Waals surface area (Å²) in [5, 5.41) is 11.8. The lowest BCUT2D eigenvalue weighted by Crippen LogP contribution is -2.53. The van der Waals surface area contributed by atoms with E-state index >= 15 is 0 Å². The Hall–Kier alpha value is -2.11. The maximum Gasteiger partial charge on any atom is 0.326 e. The molecule has 2 unspecified atom stereocenters. The zero-order chi connectivity index (χ0) is 15.6. The number of carboxylic acids is 1. The van der Waals surface area contributed by atoms with Gasteiger partial charge < -0.3 is 15.3 Å². The van der Waals surface area contributed by atoms with Crippen LogP contribution in [0.3, 0.4) is 0 Å². The van der Waals surface area contributed by atoms with E-state index in [0.717, 1.165) is 12.8 Å². The van der Waals surface area contributed by atoms with Gasteiger partial charge in [-0.3, -0.25) is 0 Å². The van der Waals surface area contributed by atoms with Crippen molar-refractivity contribution in [2.75, 3.05) is 11.9 Å². The second-order valence-electron chi connectivity index (χ2n) is 5.46. The van der Waals surface area contributed by atoms with Crippen LogP contribution in [-0.2, 0) is 4.79 Å². The topological polar surface area (TPSA) is 69.6 Å². The first-order valence-electron chi connectivity index (χ1n) is 6.97. The molecule has 0 bridgehead atoms. The van der Waals surface area contributed by atoms with Gasteiger partial charge in [-0.05, 0) is 37.3 Å². The number of likely N-dealkylation sites (tertiary alicyclic amines) is 1. The smallest absolute Gasteiger partial charge is 0.326 e. The molecular formula is C15H19FN2O3. The number of piperidine rings is 1. The van der Waals surface area contributed by atoms with Crippen LogP contribution in [0.25, 0.3) is 0 Å². The normalized spacial score (nSPS) is 22.0. The number of aliphatic carboxylic acids is 1. The van der Waals surface area contributed by atoms with Crippen molar-refractivity contribution in [3.8, 4) is 0 Å². The minimum Gasteiger partial charge on any atom is -0.480 e. The van der Waals surface area contributed by atoms with Gasteiger partial charge in [-0.1, -0.05) is 19.1 Å². The molecular weight excluding hydrogens is 275 g/mol. The van der Waals surface area contributed by atoms with Gasteiger partial charge in [-0.15, -0.1) is 0 Å². The highest BCUT2D eigenvalue weighted by Gasteiger charge is 2.37. The van der Waals surface area contributed by atoms with E-state index in [-0.39, 0.29) is 11.6 Å². The fourth-order valence-corrected chi connectivity index (χ4v) is 2.76. The van der Waals surface area contributed by atoms with Gasteiger partial charge in [-0.2, -0.15) is 0 Å². The number of urea groups is 1. The van der Waals surface area contributed by atoms with E-state index in [2.05, 4.69) is 5.32 Å². The first-order valence-corrected chi connectivity index (χ1v) is 6.97. The minimum absolute atomic E-state index is 0.102. The number of nitrogens with zero attached hydrogens (tertiary/aromatic N) is 1. The van der Waals surface area contributed by atoms with Crippen LogP contribution in [0.15, 0.2) is 18.2 Å². The highest BCUT2D eigenvalue weighted by atomic mass is 19.1. The third-order valence-electron chi connectivity index (χ3n) is 3.90. The quantitative estimate of drug-likeness (QED) is 0.881. The molecule has 0 radical (unpaired) electrons. The first kappa shape index (κ1) is 15.3. The minimum atomic E-state index is -1.03. The zero-order valence-electron chi connectivity index (χ0n) is 12.1. The van der Waals surface area contributed by atoms with E-state index in [4.69, 9.17) is 0 Å². The summed E-state index contributed by atoms with van der Waals surface area (Å²) in [5.41, 5.74) is 0.699. The van der Waals surface area contributed by atoms with Crippen LogP contribution >= 0.6 is 0 Å². The van der Waals surface area contributed by atoms with Crippen molar-refractivity contribution in [3.05, 3.63) is 29.6 Å². The molecule has 1 aliphatic rings. The third-order valence-corrected chi connectivity index (χ3v) is 3.90. The van der Waals surface area contributed by atoms with Crippen LogP contribution in [0.4, 0.5) is 14.9 Å². The molecule has 0 saturated carbocycles. The van der Waals surface area contributed by atoms with Gasteiger partial charge in [0.25, 0.3) is 0 Å². The Kier molecular flexibility index (Phi) is 4.45. The predicted molar refractivity (Wildman–Crippen MR) is 76.7 cm³/mol. The molecule has 1 aliphatic heterocycles. The number of rotatable bonds is 2. The molecule has 1 fully saturated rings. The van der Waals surface area contributed by atoms with E-state index in [1.165, 1.54) is 11.0 Å². The molecule has 0 aromatic heterocycles. The lowest BCUT2D eigenvalue weighted by atomic mass is 9.91. The van der Waals surface area contributed by atoms with Gasteiger partial charge in [0.15, 0.2) is 0 Å². The highest BCUT2D eigenvalue weighted by molar-refractivity contribution is 5.93. The van der Waals surface area contributed by atoms with E-state index in [9.17, 15) is 19.1 Å². The number of hydrogen-bond donors (Lipinski definition) is 2. The number of anilines is 1. The van der Waals surface area contributed by atoms with Crippen molar-refractivity contribution in [1.29, 1.82) is 0 Å². The van der Waals surface area contributed by atoms with Gasteiger partial charge >= 0.3 is 12.0 Å². The molecule has 2 amide bonds. The molecule has 6 heteroatoms. The summed E-state index contributed by atoms with van der Waals surface area (Å²) in [5.74, 6) is -1.67. The zero-order valence-corrected chi connectivity index (χ0v) is 12.1. The van der Waals surface area contributed by atoms with Crippen LogP contribution in [0, 0.1) is 18.7 Å². The van der Waals surface area contributed by atoms with E-state index < -0.39 is 23.9 Å². The number of carboxylic acid groups (broad SMARTS) is 1. The summed E-state index contributed by atoms with van der Waals surface area (Å²) in [6.45, 7) is 3.86. The number of aryl methyl sites for hydroxylation is 1. The molecule has 2 N–H and O–H groups in total. The van der Waals surface area contributed by atoms with Crippen LogP contribution in [-0.4, -0.2) is 34.6 Å². The molecule has 1 aromatic carbocycles. The van der Waals surface area contributed by atoms with Crippen molar-refractivity contribution < 1.29 is 19.1 Å². The van der Waals surface area contributed by atoms with Gasteiger partial charge in [-0.25, -0.2) is 14.0 Å². The number of carbonyl (C=O) groups excluding carboxylic acids is 1. The van der Waals surface area contributed by atoms with Gasteiger partial charge in [0.1, 0.15) is 11.9 Å². The molecule has 0 spiro atoms. The summed E-state index contributed by atoms with van der Waals surface area (Å²) in [7, 11) is 0. The lowest BCUT2D eigenvalue weighted by Gasteiger charge is -2.37. The SMILES string of the molecule is Cc1cccc(F)c1NC(=O)N1CCCC(C)C1C(=O)O. The third kappa shape index (κ3) is 3.15.